The molecule has 2 rings (SSSR count). The maximum atomic E-state index is 11.8. The predicted octanol–water partition coefficient (Wildman–Crippen LogP) is 3.34. The Morgan fingerprint density at radius 2 is 1.82 bits per heavy atom. The molecule has 1 aromatic rings. The molecule has 1 aliphatic carbocycles. The fraction of sp³-hybridized carbons (Fsp3) is 0.529. The fourth-order valence-electron chi connectivity index (χ4n) is 3.07. The number of aliphatic carboxylic acids is 1. The van der Waals surface area contributed by atoms with Gasteiger partial charge in [0.1, 0.15) is 6.61 Å². The Morgan fingerprint density at radius 1 is 1.14 bits per heavy atom. The number of carboxylic acids is 1. The van der Waals surface area contributed by atoms with Gasteiger partial charge in [-0.05, 0) is 23.8 Å². The second-order valence-electron chi connectivity index (χ2n) is 6.05. The zero-order valence-corrected chi connectivity index (χ0v) is 12.7. The molecular weight excluding hydrogens is 282 g/mol. The molecule has 1 aliphatic rings. The topological polar surface area (TPSA) is 75.6 Å². The summed E-state index contributed by atoms with van der Waals surface area (Å²) >= 11 is 0. The van der Waals surface area contributed by atoms with Crippen molar-refractivity contribution in [2.45, 2.75) is 45.1 Å². The molecule has 2 N–H and O–H groups in total. The number of carbonyl (C=O) groups excluding carboxylic acids is 1. The van der Waals surface area contributed by atoms with Crippen molar-refractivity contribution in [1.29, 1.82) is 0 Å². The third-order valence-electron chi connectivity index (χ3n) is 4.26. The molecule has 0 aliphatic heterocycles. The minimum absolute atomic E-state index is 0.103. The Kier molecular flexibility index (Phi) is 5.81. The lowest BCUT2D eigenvalue weighted by Crippen LogP contribution is -2.40. The molecule has 0 radical (unpaired) electrons. The van der Waals surface area contributed by atoms with E-state index in [4.69, 9.17) is 9.84 Å². The quantitative estimate of drug-likeness (QED) is 0.845. The first kappa shape index (κ1) is 16.3. The van der Waals surface area contributed by atoms with Gasteiger partial charge < -0.3 is 15.2 Å². The molecular formula is C17H23NO4. The van der Waals surface area contributed by atoms with Crippen LogP contribution in [0, 0.1) is 5.41 Å². The molecule has 0 saturated heterocycles. The molecule has 0 atom stereocenters. The van der Waals surface area contributed by atoms with Crippen LogP contribution in [0.15, 0.2) is 30.3 Å². The average Bonchev–Trinajstić information content (AvgIpc) is 2.52. The third kappa shape index (κ3) is 5.06. The third-order valence-corrected chi connectivity index (χ3v) is 4.26. The van der Waals surface area contributed by atoms with E-state index < -0.39 is 12.1 Å². The summed E-state index contributed by atoms with van der Waals surface area (Å²) in [6.07, 6.45) is 4.49. The molecule has 5 nitrogen and oxygen atoms in total. The Hall–Kier alpha value is -2.04. The van der Waals surface area contributed by atoms with Gasteiger partial charge in [0.05, 0.1) is 6.42 Å². The minimum atomic E-state index is -0.804. The highest BCUT2D eigenvalue weighted by Crippen LogP contribution is 2.38. The highest BCUT2D eigenvalue weighted by molar-refractivity contribution is 5.69. The Labute approximate surface area is 130 Å². The molecule has 1 aromatic carbocycles. The number of nitrogens with one attached hydrogen (secondary N) is 1. The van der Waals surface area contributed by atoms with Gasteiger partial charge in [-0.25, -0.2) is 4.79 Å². The predicted molar refractivity (Wildman–Crippen MR) is 82.4 cm³/mol. The molecule has 0 aromatic heterocycles. The lowest BCUT2D eigenvalue weighted by Gasteiger charge is -2.36. The molecule has 22 heavy (non-hydrogen) atoms. The number of hydrogen-bond donors (Lipinski definition) is 2. The van der Waals surface area contributed by atoms with E-state index in [1.165, 1.54) is 0 Å². The summed E-state index contributed by atoms with van der Waals surface area (Å²) in [5.41, 5.74) is 0.603. The van der Waals surface area contributed by atoms with Crippen LogP contribution in [0.5, 0.6) is 0 Å². The molecule has 1 amide bonds. The summed E-state index contributed by atoms with van der Waals surface area (Å²) < 4.78 is 5.17. The summed E-state index contributed by atoms with van der Waals surface area (Å²) in [6.45, 7) is 0.589. The van der Waals surface area contributed by atoms with Gasteiger partial charge in [-0.3, -0.25) is 4.79 Å². The van der Waals surface area contributed by atoms with Crippen molar-refractivity contribution in [1.82, 2.24) is 5.32 Å². The SMILES string of the molecule is O=C(O)CC1(CNC(=O)OCc2ccccc2)CCCCC1. The van der Waals surface area contributed by atoms with Gasteiger partial charge in [-0.15, -0.1) is 0 Å². The molecule has 120 valence electrons. The van der Waals surface area contributed by atoms with Gasteiger partial charge in [0.15, 0.2) is 0 Å². The molecule has 0 heterocycles. The highest BCUT2D eigenvalue weighted by atomic mass is 16.5. The van der Waals surface area contributed by atoms with E-state index in [-0.39, 0.29) is 18.4 Å². The molecule has 1 fully saturated rings. The summed E-state index contributed by atoms with van der Waals surface area (Å²) in [7, 11) is 0. The minimum Gasteiger partial charge on any atom is -0.481 e. The Bertz CT molecular complexity index is 495. The largest absolute Gasteiger partial charge is 0.481 e. The van der Waals surface area contributed by atoms with Crippen LogP contribution in [0.2, 0.25) is 0 Å². The van der Waals surface area contributed by atoms with Gasteiger partial charge >= 0.3 is 12.1 Å². The number of carboxylic acid groups (broad SMARTS) is 1. The van der Waals surface area contributed by atoms with Crippen molar-refractivity contribution < 1.29 is 19.4 Å². The Morgan fingerprint density at radius 3 is 2.45 bits per heavy atom. The van der Waals surface area contributed by atoms with Crippen LogP contribution < -0.4 is 5.32 Å². The van der Waals surface area contributed by atoms with Gasteiger partial charge in [-0.1, -0.05) is 49.6 Å². The Balaban J connectivity index is 1.81. The lowest BCUT2D eigenvalue weighted by atomic mass is 9.72. The monoisotopic (exact) mass is 305 g/mol. The number of hydrogen-bond acceptors (Lipinski definition) is 3. The number of ether oxygens (including phenoxy) is 1. The maximum Gasteiger partial charge on any atom is 0.407 e. The highest BCUT2D eigenvalue weighted by Gasteiger charge is 2.34. The molecule has 0 spiro atoms. The summed E-state index contributed by atoms with van der Waals surface area (Å²) in [6, 6.07) is 9.46. The number of rotatable bonds is 6. The molecule has 1 saturated carbocycles. The van der Waals surface area contributed by atoms with E-state index in [9.17, 15) is 9.59 Å². The number of benzene rings is 1. The first-order chi connectivity index (χ1) is 10.6. The second-order valence-corrected chi connectivity index (χ2v) is 6.05. The first-order valence-corrected chi connectivity index (χ1v) is 7.76. The van der Waals surface area contributed by atoms with E-state index in [0.29, 0.717) is 6.54 Å². The van der Waals surface area contributed by atoms with E-state index >= 15 is 0 Å². The zero-order valence-electron chi connectivity index (χ0n) is 12.7. The standard InChI is InChI=1S/C17H23NO4/c19-15(20)11-17(9-5-2-6-10-17)13-18-16(21)22-12-14-7-3-1-4-8-14/h1,3-4,7-8H,2,5-6,9-13H2,(H,18,21)(H,19,20). The number of carbonyl (C=O) groups is 2. The van der Waals surface area contributed by atoms with E-state index in [1.54, 1.807) is 0 Å². The van der Waals surface area contributed by atoms with Crippen molar-refractivity contribution >= 4 is 12.1 Å². The molecule has 5 heteroatoms. The summed E-state index contributed by atoms with van der Waals surface area (Å²) in [5, 5.41) is 11.8. The van der Waals surface area contributed by atoms with Crippen LogP contribution in [-0.2, 0) is 16.1 Å². The number of amides is 1. The van der Waals surface area contributed by atoms with Crippen LogP contribution in [0.3, 0.4) is 0 Å². The van der Waals surface area contributed by atoms with Gasteiger partial charge in [0, 0.05) is 6.54 Å². The van der Waals surface area contributed by atoms with Crippen LogP contribution in [0.1, 0.15) is 44.1 Å². The van der Waals surface area contributed by atoms with Crippen LogP contribution in [-0.4, -0.2) is 23.7 Å². The van der Waals surface area contributed by atoms with Crippen LogP contribution in [0.4, 0.5) is 4.79 Å². The fourth-order valence-corrected chi connectivity index (χ4v) is 3.07. The van der Waals surface area contributed by atoms with Gasteiger partial charge in [0.2, 0.25) is 0 Å². The zero-order chi connectivity index (χ0) is 15.8. The summed E-state index contributed by atoms with van der Waals surface area (Å²) in [5.74, 6) is -0.804. The van der Waals surface area contributed by atoms with Crippen molar-refractivity contribution in [2.24, 2.45) is 5.41 Å². The van der Waals surface area contributed by atoms with Crippen LogP contribution >= 0.6 is 0 Å². The van der Waals surface area contributed by atoms with Crippen molar-refractivity contribution in [2.75, 3.05) is 6.54 Å². The van der Waals surface area contributed by atoms with E-state index in [1.807, 2.05) is 30.3 Å². The lowest BCUT2D eigenvalue weighted by molar-refractivity contribution is -0.140. The van der Waals surface area contributed by atoms with Crippen molar-refractivity contribution in [3.05, 3.63) is 35.9 Å². The van der Waals surface area contributed by atoms with Crippen LogP contribution in [0.25, 0.3) is 0 Å². The van der Waals surface area contributed by atoms with E-state index in [0.717, 1.165) is 37.7 Å². The van der Waals surface area contributed by atoms with Gasteiger partial charge in [0.25, 0.3) is 0 Å². The first-order valence-electron chi connectivity index (χ1n) is 7.76. The number of alkyl carbamates (subject to hydrolysis) is 1. The maximum absolute atomic E-state index is 11.8. The normalized spacial score (nSPS) is 16.7. The smallest absolute Gasteiger partial charge is 0.407 e. The summed E-state index contributed by atoms with van der Waals surface area (Å²) in [4.78, 5) is 22.9. The van der Waals surface area contributed by atoms with Crippen molar-refractivity contribution in [3.8, 4) is 0 Å². The second kappa shape index (κ2) is 7.82. The molecule has 0 unspecified atom stereocenters. The van der Waals surface area contributed by atoms with Gasteiger partial charge in [-0.2, -0.15) is 0 Å². The molecule has 0 bridgehead atoms. The average molecular weight is 305 g/mol. The van der Waals surface area contributed by atoms with E-state index in [2.05, 4.69) is 5.32 Å². The van der Waals surface area contributed by atoms with Crippen molar-refractivity contribution in [3.63, 3.8) is 0 Å².